The van der Waals surface area contributed by atoms with Crippen molar-refractivity contribution in [1.82, 2.24) is 15.1 Å². The van der Waals surface area contributed by atoms with E-state index in [4.69, 9.17) is 16.3 Å². The lowest BCUT2D eigenvalue weighted by molar-refractivity contribution is 0.0967. The van der Waals surface area contributed by atoms with Gasteiger partial charge in [0.1, 0.15) is 21.9 Å². The van der Waals surface area contributed by atoms with Crippen LogP contribution in [0.5, 0.6) is 5.75 Å². The van der Waals surface area contributed by atoms with Gasteiger partial charge in [0.05, 0.1) is 11.6 Å². The molecule has 0 spiro atoms. The molecule has 0 aliphatic carbocycles. The molecule has 4 nitrogen and oxygen atoms in total. The molecule has 1 fully saturated rings. The average Bonchev–Trinajstić information content (AvgIpc) is 2.89. The smallest absolute Gasteiger partial charge is 0.138 e. The van der Waals surface area contributed by atoms with Gasteiger partial charge in [0.15, 0.2) is 0 Å². The Kier molecular flexibility index (Phi) is 4.73. The van der Waals surface area contributed by atoms with Crippen molar-refractivity contribution in [2.45, 2.75) is 32.4 Å². The van der Waals surface area contributed by atoms with Crippen molar-refractivity contribution in [2.75, 3.05) is 13.1 Å². The monoisotopic (exact) mass is 323 g/mol. The van der Waals surface area contributed by atoms with Crippen LogP contribution < -0.4 is 4.74 Å². The third-order valence-corrected chi connectivity index (χ3v) is 4.73. The van der Waals surface area contributed by atoms with Crippen LogP contribution in [-0.2, 0) is 6.54 Å². The third-order valence-electron chi connectivity index (χ3n) is 3.59. The van der Waals surface area contributed by atoms with Gasteiger partial charge in [0, 0.05) is 13.1 Å². The largest absolute Gasteiger partial charge is 0.489 e. The lowest BCUT2D eigenvalue weighted by Gasteiger charge is -2.31. The third kappa shape index (κ3) is 3.93. The van der Waals surface area contributed by atoms with Crippen LogP contribution in [0.4, 0.5) is 0 Å². The van der Waals surface area contributed by atoms with Gasteiger partial charge < -0.3 is 4.74 Å². The Balaban J connectivity index is 1.50. The Labute approximate surface area is 133 Å². The standard InChI is InChI=1S/C15H18ClN3OS/c1-11-17-18-15(21-11)10-19-8-6-12(7-9-19)20-14-5-3-2-4-13(14)16/h2-5,12H,6-10H2,1H3. The Morgan fingerprint density at radius 1 is 1.29 bits per heavy atom. The molecule has 3 rings (SSSR count). The molecule has 0 amide bonds. The van der Waals surface area contributed by atoms with Gasteiger partial charge in [0.2, 0.25) is 0 Å². The molecule has 112 valence electrons. The second kappa shape index (κ2) is 6.73. The molecular formula is C15H18ClN3OS. The number of halogens is 1. The Morgan fingerprint density at radius 3 is 2.71 bits per heavy atom. The number of rotatable bonds is 4. The summed E-state index contributed by atoms with van der Waals surface area (Å²) in [5, 5.41) is 11.1. The molecule has 2 aromatic rings. The zero-order chi connectivity index (χ0) is 14.7. The minimum absolute atomic E-state index is 0.248. The van der Waals surface area contributed by atoms with Gasteiger partial charge in [-0.25, -0.2) is 0 Å². The molecule has 1 saturated heterocycles. The Morgan fingerprint density at radius 2 is 2.05 bits per heavy atom. The number of benzene rings is 1. The predicted molar refractivity (Wildman–Crippen MR) is 85.0 cm³/mol. The SMILES string of the molecule is Cc1nnc(CN2CCC(Oc3ccccc3Cl)CC2)s1. The van der Waals surface area contributed by atoms with E-state index in [1.165, 1.54) is 0 Å². The summed E-state index contributed by atoms with van der Waals surface area (Å²) in [6.45, 7) is 4.93. The maximum absolute atomic E-state index is 6.13. The second-order valence-electron chi connectivity index (χ2n) is 5.24. The first-order chi connectivity index (χ1) is 10.2. The topological polar surface area (TPSA) is 38.2 Å². The highest BCUT2D eigenvalue weighted by Gasteiger charge is 2.22. The summed E-state index contributed by atoms with van der Waals surface area (Å²) in [6.07, 6.45) is 2.28. The molecule has 21 heavy (non-hydrogen) atoms. The molecule has 1 aliphatic rings. The van der Waals surface area contributed by atoms with Crippen LogP contribution >= 0.6 is 22.9 Å². The number of aromatic nitrogens is 2. The molecule has 0 saturated carbocycles. The number of ether oxygens (including phenoxy) is 1. The highest BCUT2D eigenvalue weighted by atomic mass is 35.5. The lowest BCUT2D eigenvalue weighted by atomic mass is 10.1. The van der Waals surface area contributed by atoms with Crippen molar-refractivity contribution in [3.05, 3.63) is 39.3 Å². The van der Waals surface area contributed by atoms with Crippen molar-refractivity contribution < 1.29 is 4.74 Å². The number of hydrogen-bond acceptors (Lipinski definition) is 5. The molecule has 0 N–H and O–H groups in total. The van der Waals surface area contributed by atoms with E-state index in [9.17, 15) is 0 Å². The van der Waals surface area contributed by atoms with Crippen molar-refractivity contribution >= 4 is 22.9 Å². The summed E-state index contributed by atoms with van der Waals surface area (Å²) in [7, 11) is 0. The van der Waals surface area contributed by atoms with Crippen LogP contribution in [0.25, 0.3) is 0 Å². The van der Waals surface area contributed by atoms with E-state index in [0.29, 0.717) is 5.02 Å². The Bertz CT molecular complexity index is 596. The van der Waals surface area contributed by atoms with Crippen molar-refractivity contribution in [3.63, 3.8) is 0 Å². The predicted octanol–water partition coefficient (Wildman–Crippen LogP) is 3.54. The summed E-state index contributed by atoms with van der Waals surface area (Å²) in [5.41, 5.74) is 0. The molecule has 6 heteroatoms. The van der Waals surface area contributed by atoms with E-state index in [-0.39, 0.29) is 6.10 Å². The van der Waals surface area contributed by atoms with Crippen LogP contribution in [-0.4, -0.2) is 34.3 Å². The number of hydrogen-bond donors (Lipinski definition) is 0. The first-order valence-corrected chi connectivity index (χ1v) is 8.32. The molecule has 1 aliphatic heterocycles. The number of likely N-dealkylation sites (tertiary alicyclic amines) is 1. The number of nitrogens with zero attached hydrogens (tertiary/aromatic N) is 3. The van der Waals surface area contributed by atoms with Crippen LogP contribution in [0.15, 0.2) is 24.3 Å². The maximum Gasteiger partial charge on any atom is 0.138 e. The second-order valence-corrected chi connectivity index (χ2v) is 6.91. The van der Waals surface area contributed by atoms with E-state index in [0.717, 1.165) is 48.2 Å². The highest BCUT2D eigenvalue weighted by Crippen LogP contribution is 2.27. The fourth-order valence-electron chi connectivity index (χ4n) is 2.50. The zero-order valence-corrected chi connectivity index (χ0v) is 13.5. The van der Waals surface area contributed by atoms with E-state index in [2.05, 4.69) is 15.1 Å². The van der Waals surface area contributed by atoms with Crippen LogP contribution in [0, 0.1) is 6.92 Å². The molecule has 0 bridgehead atoms. The molecule has 1 aromatic heterocycles. The first kappa shape index (κ1) is 14.8. The lowest BCUT2D eigenvalue weighted by Crippen LogP contribution is -2.37. The summed E-state index contributed by atoms with van der Waals surface area (Å²) in [4.78, 5) is 2.41. The summed E-state index contributed by atoms with van der Waals surface area (Å²) >= 11 is 7.81. The number of aryl methyl sites for hydroxylation is 1. The van der Waals surface area contributed by atoms with Gasteiger partial charge in [-0.05, 0) is 31.9 Å². The van der Waals surface area contributed by atoms with E-state index >= 15 is 0 Å². The van der Waals surface area contributed by atoms with Crippen LogP contribution in [0.3, 0.4) is 0 Å². The van der Waals surface area contributed by atoms with E-state index in [1.54, 1.807) is 11.3 Å². The average molecular weight is 324 g/mol. The van der Waals surface area contributed by atoms with Gasteiger partial charge in [-0.1, -0.05) is 23.7 Å². The Hall–Kier alpha value is -1.17. The normalized spacial score (nSPS) is 17.0. The van der Waals surface area contributed by atoms with Gasteiger partial charge in [-0.15, -0.1) is 21.5 Å². The molecular weight excluding hydrogens is 306 g/mol. The summed E-state index contributed by atoms with van der Waals surface area (Å²) in [5.74, 6) is 0.789. The molecule has 0 radical (unpaired) electrons. The van der Waals surface area contributed by atoms with E-state index in [1.807, 2.05) is 31.2 Å². The van der Waals surface area contributed by atoms with Crippen LogP contribution in [0.1, 0.15) is 22.9 Å². The van der Waals surface area contributed by atoms with Crippen molar-refractivity contribution in [1.29, 1.82) is 0 Å². The molecule has 0 unspecified atom stereocenters. The van der Waals surface area contributed by atoms with Gasteiger partial charge in [-0.2, -0.15) is 0 Å². The van der Waals surface area contributed by atoms with Crippen molar-refractivity contribution in [2.24, 2.45) is 0 Å². The fraction of sp³-hybridized carbons (Fsp3) is 0.467. The summed E-state index contributed by atoms with van der Waals surface area (Å²) in [6, 6.07) is 7.67. The number of para-hydroxylation sites is 1. The maximum atomic E-state index is 6.13. The van der Waals surface area contributed by atoms with Crippen molar-refractivity contribution in [3.8, 4) is 5.75 Å². The molecule has 2 heterocycles. The quantitative estimate of drug-likeness (QED) is 0.862. The minimum atomic E-state index is 0.248. The summed E-state index contributed by atoms with van der Waals surface area (Å²) < 4.78 is 6.00. The van der Waals surface area contributed by atoms with Gasteiger partial charge >= 0.3 is 0 Å². The number of piperidine rings is 1. The molecule has 0 atom stereocenters. The van der Waals surface area contributed by atoms with Gasteiger partial charge in [0.25, 0.3) is 0 Å². The fourth-order valence-corrected chi connectivity index (χ4v) is 3.43. The minimum Gasteiger partial charge on any atom is -0.489 e. The first-order valence-electron chi connectivity index (χ1n) is 7.13. The highest BCUT2D eigenvalue weighted by molar-refractivity contribution is 7.11. The van der Waals surface area contributed by atoms with E-state index < -0.39 is 0 Å². The molecule has 1 aromatic carbocycles. The zero-order valence-electron chi connectivity index (χ0n) is 12.0. The van der Waals surface area contributed by atoms with Gasteiger partial charge in [-0.3, -0.25) is 4.90 Å². The van der Waals surface area contributed by atoms with Crippen LogP contribution in [0.2, 0.25) is 5.02 Å².